The number of rotatable bonds is 11. The number of hydrogen-bond donors (Lipinski definition) is 2. The number of H-pyrrole nitrogens is 1. The maximum atomic E-state index is 15.3. The van der Waals surface area contributed by atoms with Crippen LogP contribution >= 0.6 is 0 Å². The zero-order valence-electron chi connectivity index (χ0n) is 26.4. The van der Waals surface area contributed by atoms with Gasteiger partial charge in [-0.15, -0.1) is 0 Å². The lowest BCUT2D eigenvalue weighted by Gasteiger charge is -2.26. The summed E-state index contributed by atoms with van der Waals surface area (Å²) in [6.45, 7) is 6.63. The van der Waals surface area contributed by atoms with Crippen LogP contribution in [0.25, 0.3) is 16.6 Å². The van der Waals surface area contributed by atoms with Crippen LogP contribution in [-0.2, 0) is 4.74 Å². The molecule has 0 aliphatic carbocycles. The molecule has 0 unspecified atom stereocenters. The molecule has 2 aromatic heterocycles. The molecular formula is C35H34FN5O7. The zero-order valence-corrected chi connectivity index (χ0v) is 26.4. The summed E-state index contributed by atoms with van der Waals surface area (Å²) in [5.74, 6) is -0.00418. The van der Waals surface area contributed by atoms with Crippen molar-refractivity contribution in [1.29, 1.82) is 0 Å². The monoisotopic (exact) mass is 655 g/mol. The highest BCUT2D eigenvalue weighted by molar-refractivity contribution is 5.88. The van der Waals surface area contributed by atoms with Crippen LogP contribution in [0.5, 0.6) is 28.9 Å². The van der Waals surface area contributed by atoms with E-state index in [0.29, 0.717) is 40.4 Å². The molecule has 13 heteroatoms. The Morgan fingerprint density at radius 1 is 1.02 bits per heavy atom. The topological polar surface area (TPSA) is 140 Å². The lowest BCUT2D eigenvalue weighted by molar-refractivity contribution is 0.0357. The molecule has 0 atom stereocenters. The third kappa shape index (κ3) is 7.22. The van der Waals surface area contributed by atoms with Gasteiger partial charge in [-0.1, -0.05) is 17.7 Å². The second-order valence-electron chi connectivity index (χ2n) is 11.1. The summed E-state index contributed by atoms with van der Waals surface area (Å²) in [7, 11) is 1.54. The molecule has 5 aromatic rings. The molecule has 0 spiro atoms. The third-order valence-electron chi connectivity index (χ3n) is 7.86. The number of nitrogens with zero attached hydrogens (tertiary/aromatic N) is 4. The van der Waals surface area contributed by atoms with E-state index in [1.165, 1.54) is 12.1 Å². The normalized spacial score (nSPS) is 13.6. The van der Waals surface area contributed by atoms with Crippen LogP contribution in [0.15, 0.2) is 81.4 Å². The molecule has 0 saturated carbocycles. The number of benzene rings is 3. The van der Waals surface area contributed by atoms with Gasteiger partial charge in [0, 0.05) is 49.6 Å². The van der Waals surface area contributed by atoms with E-state index in [4.69, 9.17) is 18.9 Å². The maximum absolute atomic E-state index is 15.3. The van der Waals surface area contributed by atoms with Gasteiger partial charge in [0.1, 0.15) is 11.3 Å². The summed E-state index contributed by atoms with van der Waals surface area (Å²) in [4.78, 5) is 38.1. The number of ether oxygens (including phenoxy) is 4. The van der Waals surface area contributed by atoms with Crippen LogP contribution in [0.4, 0.5) is 10.1 Å². The maximum Gasteiger partial charge on any atom is 0.335 e. The van der Waals surface area contributed by atoms with Crippen molar-refractivity contribution in [2.45, 2.75) is 13.3 Å². The molecule has 6 rings (SSSR count). The van der Waals surface area contributed by atoms with Gasteiger partial charge < -0.3 is 24.1 Å². The van der Waals surface area contributed by atoms with Gasteiger partial charge in [-0.25, -0.2) is 13.8 Å². The van der Waals surface area contributed by atoms with Gasteiger partial charge in [-0.05, 0) is 49.7 Å². The SMILES string of the molecule is COc1cc2c(Oc3ccc(N=Cc4c(O)n(-c5ccc(C)cc5)c(=O)[nH]c4=O)cc3F)ccnc2cc1OCCCN1CCOCC1. The summed E-state index contributed by atoms with van der Waals surface area (Å²) in [5.41, 5.74) is 0.106. The Labute approximate surface area is 274 Å². The van der Waals surface area contributed by atoms with Crippen molar-refractivity contribution < 1.29 is 28.4 Å². The lowest BCUT2D eigenvalue weighted by atomic mass is 10.1. The van der Waals surface area contributed by atoms with E-state index in [1.54, 1.807) is 55.8 Å². The Balaban J connectivity index is 1.18. The Hall–Kier alpha value is -5.53. The number of pyridine rings is 1. The first-order chi connectivity index (χ1) is 23.3. The van der Waals surface area contributed by atoms with Gasteiger partial charge in [0.15, 0.2) is 23.1 Å². The highest BCUT2D eigenvalue weighted by atomic mass is 19.1. The minimum absolute atomic E-state index is 0.0718. The number of nitrogens with one attached hydrogen (secondary N) is 1. The first-order valence-electron chi connectivity index (χ1n) is 15.4. The van der Waals surface area contributed by atoms with Crippen LogP contribution < -0.4 is 25.5 Å². The molecule has 1 aliphatic heterocycles. The van der Waals surface area contributed by atoms with Gasteiger partial charge in [-0.3, -0.25) is 24.7 Å². The minimum atomic E-state index is -0.841. The molecule has 48 heavy (non-hydrogen) atoms. The van der Waals surface area contributed by atoms with E-state index in [2.05, 4.69) is 19.9 Å². The minimum Gasteiger partial charge on any atom is -0.493 e. The van der Waals surface area contributed by atoms with Crippen LogP contribution in [0.2, 0.25) is 0 Å². The van der Waals surface area contributed by atoms with Crippen molar-refractivity contribution in [3.05, 3.63) is 105 Å². The number of halogens is 1. The lowest BCUT2D eigenvalue weighted by Crippen LogP contribution is -2.37. The molecule has 0 radical (unpaired) electrons. The largest absolute Gasteiger partial charge is 0.493 e. The highest BCUT2D eigenvalue weighted by Gasteiger charge is 2.17. The highest BCUT2D eigenvalue weighted by Crippen LogP contribution is 2.38. The Morgan fingerprint density at radius 2 is 1.81 bits per heavy atom. The van der Waals surface area contributed by atoms with Gasteiger partial charge in [0.2, 0.25) is 5.88 Å². The Kier molecular flexibility index (Phi) is 9.78. The molecule has 0 bridgehead atoms. The van der Waals surface area contributed by atoms with Crippen molar-refractivity contribution >= 4 is 22.8 Å². The number of aromatic hydroxyl groups is 1. The van der Waals surface area contributed by atoms with Crippen molar-refractivity contribution in [3.63, 3.8) is 0 Å². The molecular weight excluding hydrogens is 621 g/mol. The molecule has 0 amide bonds. The second-order valence-corrected chi connectivity index (χ2v) is 11.1. The van der Waals surface area contributed by atoms with Gasteiger partial charge in [-0.2, -0.15) is 0 Å². The van der Waals surface area contributed by atoms with Crippen molar-refractivity contribution in [1.82, 2.24) is 19.4 Å². The predicted molar refractivity (Wildman–Crippen MR) is 178 cm³/mol. The molecule has 3 aromatic carbocycles. The van der Waals surface area contributed by atoms with E-state index in [1.807, 2.05) is 6.92 Å². The molecule has 1 saturated heterocycles. The molecule has 248 valence electrons. The number of fused-ring (bicyclic) bond motifs is 1. The fourth-order valence-corrected chi connectivity index (χ4v) is 5.28. The molecule has 3 heterocycles. The average Bonchev–Trinajstić information content (AvgIpc) is 3.08. The first kappa shape index (κ1) is 32.4. The zero-order chi connectivity index (χ0) is 33.6. The van der Waals surface area contributed by atoms with Crippen molar-refractivity contribution in [2.75, 3.05) is 46.6 Å². The van der Waals surface area contributed by atoms with E-state index in [9.17, 15) is 14.7 Å². The van der Waals surface area contributed by atoms with E-state index >= 15 is 4.39 Å². The summed E-state index contributed by atoms with van der Waals surface area (Å²) in [5, 5.41) is 11.4. The fourth-order valence-electron chi connectivity index (χ4n) is 5.28. The van der Waals surface area contributed by atoms with Crippen LogP contribution in [0.1, 0.15) is 17.5 Å². The van der Waals surface area contributed by atoms with Crippen LogP contribution in [0.3, 0.4) is 0 Å². The summed E-state index contributed by atoms with van der Waals surface area (Å²) in [6, 6.07) is 15.9. The number of aryl methyl sites for hydroxylation is 1. The number of hydrogen-bond acceptors (Lipinski definition) is 10. The number of aromatic nitrogens is 3. The number of aliphatic imine (C=N–C) groups is 1. The van der Waals surface area contributed by atoms with Crippen molar-refractivity contribution in [2.24, 2.45) is 4.99 Å². The van der Waals surface area contributed by atoms with Gasteiger partial charge in [0.05, 0.1) is 43.8 Å². The third-order valence-corrected chi connectivity index (χ3v) is 7.86. The quantitative estimate of drug-likeness (QED) is 0.151. The first-order valence-corrected chi connectivity index (χ1v) is 15.4. The Bertz CT molecular complexity index is 2070. The molecule has 1 aliphatic rings. The summed E-state index contributed by atoms with van der Waals surface area (Å²) >= 11 is 0. The number of aromatic amines is 1. The van der Waals surface area contributed by atoms with Gasteiger partial charge in [0.25, 0.3) is 5.56 Å². The predicted octanol–water partition coefficient (Wildman–Crippen LogP) is 4.88. The Morgan fingerprint density at radius 3 is 2.56 bits per heavy atom. The number of methoxy groups -OCH3 is 1. The molecule has 12 nitrogen and oxygen atoms in total. The average molecular weight is 656 g/mol. The van der Waals surface area contributed by atoms with Crippen LogP contribution in [0, 0.1) is 12.7 Å². The fraction of sp³-hybridized carbons (Fsp3) is 0.257. The smallest absolute Gasteiger partial charge is 0.335 e. The van der Waals surface area contributed by atoms with E-state index in [0.717, 1.165) is 61.7 Å². The summed E-state index contributed by atoms with van der Waals surface area (Å²) in [6.07, 6.45) is 3.47. The molecule has 2 N–H and O–H groups in total. The van der Waals surface area contributed by atoms with E-state index < -0.39 is 22.9 Å². The van der Waals surface area contributed by atoms with E-state index in [-0.39, 0.29) is 17.0 Å². The van der Waals surface area contributed by atoms with Crippen LogP contribution in [-0.4, -0.2) is 77.3 Å². The van der Waals surface area contributed by atoms with Crippen molar-refractivity contribution in [3.8, 4) is 34.6 Å². The second kappa shape index (κ2) is 14.5. The molecule has 1 fully saturated rings. The standard InChI is InChI=1S/C35H34FN5O7/c1-22-4-7-24(8-5-22)41-34(43)26(33(42)39-35(41)44)21-38-23-6-9-30(27(36)18-23)48-29-10-11-37-28-20-32(31(45-2)19-25(28)29)47-15-3-12-40-13-16-46-17-14-40/h4-11,18-21,43H,3,12-17H2,1-2H3,(H,39,42,44). The van der Waals surface area contributed by atoms with Gasteiger partial charge >= 0.3 is 5.69 Å². The number of morpholine rings is 1. The summed E-state index contributed by atoms with van der Waals surface area (Å²) < 4.78 is 39.2.